The minimum atomic E-state index is -1.45. The average Bonchev–Trinajstić information content (AvgIpc) is 2.34. The molecular weight excluding hydrogens is 259 g/mol. The third kappa shape index (κ3) is 6.48. The Labute approximate surface area is 119 Å². The fourth-order valence-electron chi connectivity index (χ4n) is 1.60. The maximum absolute atomic E-state index is 13.7. The second-order valence-corrected chi connectivity index (χ2v) is 5.59. The molecule has 1 unspecified atom stereocenters. The SMILES string of the molecule is CC(C)(C)OC(=O)CC(O)/C(F)=C/Cc1ccccc1. The van der Waals surface area contributed by atoms with Gasteiger partial charge >= 0.3 is 5.97 Å². The molecule has 0 amide bonds. The van der Waals surface area contributed by atoms with Gasteiger partial charge in [-0.1, -0.05) is 30.3 Å². The normalized spacial score (nSPS) is 13.9. The standard InChI is InChI=1S/C16H21FO3/c1-16(2,3)20-15(19)11-14(18)13(17)10-9-12-7-5-4-6-8-12/h4-8,10,14,18H,9,11H2,1-3H3/b13-10-. The predicted molar refractivity (Wildman–Crippen MR) is 75.8 cm³/mol. The van der Waals surface area contributed by atoms with Gasteiger partial charge in [-0.05, 0) is 38.8 Å². The van der Waals surface area contributed by atoms with E-state index in [0.29, 0.717) is 6.42 Å². The number of halogens is 1. The highest BCUT2D eigenvalue weighted by Crippen LogP contribution is 2.14. The highest BCUT2D eigenvalue weighted by atomic mass is 19.1. The average molecular weight is 280 g/mol. The third-order valence-electron chi connectivity index (χ3n) is 2.47. The second kappa shape index (κ2) is 7.20. The summed E-state index contributed by atoms with van der Waals surface area (Å²) in [5, 5.41) is 9.62. The summed E-state index contributed by atoms with van der Waals surface area (Å²) in [5.74, 6) is -1.33. The lowest BCUT2D eigenvalue weighted by Gasteiger charge is -2.20. The van der Waals surface area contributed by atoms with Crippen molar-refractivity contribution in [1.82, 2.24) is 0 Å². The van der Waals surface area contributed by atoms with Crippen LogP contribution in [0.15, 0.2) is 42.2 Å². The van der Waals surface area contributed by atoms with Crippen LogP contribution in [0, 0.1) is 0 Å². The van der Waals surface area contributed by atoms with Crippen molar-refractivity contribution < 1.29 is 19.0 Å². The van der Waals surface area contributed by atoms with E-state index in [1.54, 1.807) is 20.8 Å². The molecule has 0 bridgehead atoms. The highest BCUT2D eigenvalue weighted by molar-refractivity contribution is 5.70. The lowest BCUT2D eigenvalue weighted by Crippen LogP contribution is -2.26. The summed E-state index contributed by atoms with van der Waals surface area (Å²) in [6.07, 6.45) is -0.176. The van der Waals surface area contributed by atoms with Crippen LogP contribution in [0.1, 0.15) is 32.8 Å². The molecule has 0 aliphatic heterocycles. The van der Waals surface area contributed by atoms with Crippen LogP contribution in [0.5, 0.6) is 0 Å². The van der Waals surface area contributed by atoms with Crippen molar-refractivity contribution in [3.05, 3.63) is 47.8 Å². The minimum absolute atomic E-state index is 0.373. The summed E-state index contributed by atoms with van der Waals surface area (Å²) >= 11 is 0. The third-order valence-corrected chi connectivity index (χ3v) is 2.47. The molecule has 0 fully saturated rings. The van der Waals surface area contributed by atoms with Crippen LogP contribution in [0.2, 0.25) is 0 Å². The second-order valence-electron chi connectivity index (χ2n) is 5.59. The van der Waals surface area contributed by atoms with E-state index in [4.69, 9.17) is 4.74 Å². The number of aliphatic hydroxyl groups excluding tert-OH is 1. The van der Waals surface area contributed by atoms with E-state index in [9.17, 15) is 14.3 Å². The number of ether oxygens (including phenoxy) is 1. The van der Waals surface area contributed by atoms with Gasteiger partial charge in [-0.2, -0.15) is 0 Å². The Morgan fingerprint density at radius 2 is 1.95 bits per heavy atom. The summed E-state index contributed by atoms with van der Waals surface area (Å²) in [6.45, 7) is 5.16. The summed E-state index contributed by atoms with van der Waals surface area (Å²) in [5.41, 5.74) is 0.299. The molecule has 1 aromatic rings. The Morgan fingerprint density at radius 1 is 1.35 bits per heavy atom. The highest BCUT2D eigenvalue weighted by Gasteiger charge is 2.21. The molecular formula is C16H21FO3. The Kier molecular flexibility index (Phi) is 5.89. The molecule has 4 heteroatoms. The van der Waals surface area contributed by atoms with Gasteiger partial charge in [0.1, 0.15) is 17.5 Å². The molecule has 0 heterocycles. The number of aliphatic hydroxyl groups is 1. The first-order valence-electron chi connectivity index (χ1n) is 6.57. The van der Waals surface area contributed by atoms with Gasteiger partial charge in [-0.3, -0.25) is 4.79 Å². The van der Waals surface area contributed by atoms with Gasteiger partial charge in [0.05, 0.1) is 6.42 Å². The lowest BCUT2D eigenvalue weighted by atomic mass is 10.1. The first-order valence-corrected chi connectivity index (χ1v) is 6.57. The molecule has 0 saturated carbocycles. The lowest BCUT2D eigenvalue weighted by molar-refractivity contribution is -0.156. The summed E-state index contributed by atoms with van der Waals surface area (Å²) in [7, 11) is 0. The molecule has 20 heavy (non-hydrogen) atoms. The van der Waals surface area contributed by atoms with Crippen molar-refractivity contribution in [3.8, 4) is 0 Å². The number of hydrogen-bond donors (Lipinski definition) is 1. The first kappa shape index (κ1) is 16.4. The van der Waals surface area contributed by atoms with Crippen LogP contribution in [0.25, 0.3) is 0 Å². The topological polar surface area (TPSA) is 46.5 Å². The zero-order chi connectivity index (χ0) is 15.2. The molecule has 1 rings (SSSR count). The molecule has 0 saturated heterocycles. The van der Waals surface area contributed by atoms with Gasteiger partial charge in [0.2, 0.25) is 0 Å². The summed E-state index contributed by atoms with van der Waals surface area (Å²) in [6, 6.07) is 9.32. The first-order chi connectivity index (χ1) is 9.28. The van der Waals surface area contributed by atoms with Crippen LogP contribution < -0.4 is 0 Å². The number of rotatable bonds is 5. The number of carbonyl (C=O) groups is 1. The van der Waals surface area contributed by atoms with Gasteiger partial charge < -0.3 is 9.84 Å². The van der Waals surface area contributed by atoms with Crippen molar-refractivity contribution in [3.63, 3.8) is 0 Å². The number of esters is 1. The molecule has 0 aromatic heterocycles. The molecule has 1 aromatic carbocycles. The molecule has 3 nitrogen and oxygen atoms in total. The zero-order valence-corrected chi connectivity index (χ0v) is 12.1. The Balaban J connectivity index is 2.50. The minimum Gasteiger partial charge on any atom is -0.460 e. The van der Waals surface area contributed by atoms with Gasteiger partial charge in [0, 0.05) is 0 Å². The summed E-state index contributed by atoms with van der Waals surface area (Å²) < 4.78 is 18.7. The van der Waals surface area contributed by atoms with E-state index in [2.05, 4.69) is 0 Å². The van der Waals surface area contributed by atoms with E-state index in [-0.39, 0.29) is 6.42 Å². The quantitative estimate of drug-likeness (QED) is 0.843. The Bertz CT molecular complexity index is 460. The van der Waals surface area contributed by atoms with Crippen LogP contribution in [-0.2, 0) is 16.0 Å². The van der Waals surface area contributed by atoms with Crippen LogP contribution in [0.4, 0.5) is 4.39 Å². The van der Waals surface area contributed by atoms with Crippen LogP contribution >= 0.6 is 0 Å². The van der Waals surface area contributed by atoms with E-state index in [1.165, 1.54) is 6.08 Å². The van der Waals surface area contributed by atoms with E-state index in [1.807, 2.05) is 30.3 Å². The van der Waals surface area contributed by atoms with Crippen molar-refractivity contribution >= 4 is 5.97 Å². The van der Waals surface area contributed by atoms with E-state index >= 15 is 0 Å². The molecule has 0 spiro atoms. The smallest absolute Gasteiger partial charge is 0.309 e. The molecule has 1 atom stereocenters. The molecule has 1 N–H and O–H groups in total. The van der Waals surface area contributed by atoms with E-state index < -0.39 is 23.5 Å². The molecule has 0 aliphatic rings. The monoisotopic (exact) mass is 280 g/mol. The number of hydrogen-bond acceptors (Lipinski definition) is 3. The molecule has 0 aliphatic carbocycles. The van der Waals surface area contributed by atoms with E-state index in [0.717, 1.165) is 5.56 Å². The van der Waals surface area contributed by atoms with Crippen molar-refractivity contribution in [1.29, 1.82) is 0 Å². The van der Waals surface area contributed by atoms with Gasteiger partial charge in [0.15, 0.2) is 0 Å². The summed E-state index contributed by atoms with van der Waals surface area (Å²) in [4.78, 5) is 11.5. The van der Waals surface area contributed by atoms with Gasteiger partial charge in [-0.15, -0.1) is 0 Å². The van der Waals surface area contributed by atoms with Crippen molar-refractivity contribution in [2.45, 2.75) is 45.3 Å². The Hall–Kier alpha value is -1.68. The fourth-order valence-corrected chi connectivity index (χ4v) is 1.60. The number of allylic oxidation sites excluding steroid dienone is 1. The van der Waals surface area contributed by atoms with Gasteiger partial charge in [0.25, 0.3) is 0 Å². The Morgan fingerprint density at radius 3 is 2.50 bits per heavy atom. The number of carbonyl (C=O) groups excluding carboxylic acids is 1. The maximum Gasteiger partial charge on any atom is 0.309 e. The maximum atomic E-state index is 13.7. The fraction of sp³-hybridized carbons (Fsp3) is 0.438. The zero-order valence-electron chi connectivity index (χ0n) is 12.1. The largest absolute Gasteiger partial charge is 0.460 e. The molecule has 0 radical (unpaired) electrons. The predicted octanol–water partition coefficient (Wildman–Crippen LogP) is 3.18. The van der Waals surface area contributed by atoms with Crippen molar-refractivity contribution in [2.75, 3.05) is 0 Å². The van der Waals surface area contributed by atoms with Crippen LogP contribution in [-0.4, -0.2) is 22.8 Å². The van der Waals surface area contributed by atoms with Crippen LogP contribution in [0.3, 0.4) is 0 Å². The number of benzene rings is 1. The van der Waals surface area contributed by atoms with Gasteiger partial charge in [-0.25, -0.2) is 4.39 Å². The van der Waals surface area contributed by atoms with Crippen molar-refractivity contribution in [2.24, 2.45) is 0 Å². The molecule has 110 valence electrons.